The third-order valence-corrected chi connectivity index (χ3v) is 5.38. The summed E-state index contributed by atoms with van der Waals surface area (Å²) in [5, 5.41) is 13.1. The Labute approximate surface area is 159 Å². The molecule has 26 heavy (non-hydrogen) atoms. The minimum atomic E-state index is -0.198. The first-order chi connectivity index (χ1) is 12.7. The lowest BCUT2D eigenvalue weighted by atomic mass is 10.2. The minimum Gasteiger partial charge on any atom is -0.497 e. The zero-order valence-electron chi connectivity index (χ0n) is 14.0. The second kappa shape index (κ2) is 9.12. The number of thioether (sulfide) groups is 1. The number of aromatic nitrogens is 2. The summed E-state index contributed by atoms with van der Waals surface area (Å²) in [4.78, 5) is 11.9. The Morgan fingerprint density at radius 3 is 2.69 bits per heavy atom. The molecule has 1 aromatic heterocycles. The summed E-state index contributed by atoms with van der Waals surface area (Å²) in [5.41, 5.74) is 4.39. The molecule has 0 aliphatic rings. The van der Waals surface area contributed by atoms with Crippen LogP contribution in [0.25, 0.3) is 10.6 Å². The number of methoxy groups -OCH3 is 1. The van der Waals surface area contributed by atoms with Crippen molar-refractivity contribution < 1.29 is 9.53 Å². The van der Waals surface area contributed by atoms with Gasteiger partial charge < -0.3 is 4.74 Å². The SMILES string of the molecule is COc1ccc(/C=N/NC(=O)CSc2nnc(-c3ccccc3)s2)cc1. The van der Waals surface area contributed by atoms with E-state index < -0.39 is 0 Å². The predicted octanol–water partition coefficient (Wildman–Crippen LogP) is 3.46. The number of benzene rings is 2. The fraction of sp³-hybridized carbons (Fsp3) is 0.111. The minimum absolute atomic E-state index is 0.198. The molecule has 0 bridgehead atoms. The number of amides is 1. The van der Waals surface area contributed by atoms with Gasteiger partial charge in [-0.25, -0.2) is 5.43 Å². The number of hydrogen-bond acceptors (Lipinski definition) is 7. The Bertz CT molecular complexity index is 880. The molecule has 2 aromatic carbocycles. The third-order valence-electron chi connectivity index (χ3n) is 3.27. The van der Waals surface area contributed by atoms with Gasteiger partial charge in [-0.1, -0.05) is 53.4 Å². The van der Waals surface area contributed by atoms with Crippen LogP contribution in [0.5, 0.6) is 5.75 Å². The van der Waals surface area contributed by atoms with Crippen LogP contribution in [0.4, 0.5) is 0 Å². The highest BCUT2D eigenvalue weighted by atomic mass is 32.2. The van der Waals surface area contributed by atoms with Gasteiger partial charge in [-0.2, -0.15) is 5.10 Å². The van der Waals surface area contributed by atoms with Gasteiger partial charge in [-0.3, -0.25) is 4.79 Å². The van der Waals surface area contributed by atoms with Gasteiger partial charge in [-0.15, -0.1) is 10.2 Å². The molecule has 6 nitrogen and oxygen atoms in total. The van der Waals surface area contributed by atoms with E-state index >= 15 is 0 Å². The summed E-state index contributed by atoms with van der Waals surface area (Å²) >= 11 is 2.80. The molecule has 1 N–H and O–H groups in total. The molecular formula is C18H16N4O2S2. The van der Waals surface area contributed by atoms with E-state index in [-0.39, 0.29) is 11.7 Å². The van der Waals surface area contributed by atoms with Crippen LogP contribution >= 0.6 is 23.1 Å². The lowest BCUT2D eigenvalue weighted by Gasteiger charge is -1.99. The van der Waals surface area contributed by atoms with Crippen molar-refractivity contribution in [1.29, 1.82) is 0 Å². The zero-order chi connectivity index (χ0) is 18.2. The maximum Gasteiger partial charge on any atom is 0.250 e. The van der Waals surface area contributed by atoms with Gasteiger partial charge in [0.15, 0.2) is 4.34 Å². The number of nitrogens with zero attached hydrogens (tertiary/aromatic N) is 3. The van der Waals surface area contributed by atoms with Crippen molar-refractivity contribution in [2.75, 3.05) is 12.9 Å². The van der Waals surface area contributed by atoms with Gasteiger partial charge in [0.1, 0.15) is 10.8 Å². The molecular weight excluding hydrogens is 368 g/mol. The highest BCUT2D eigenvalue weighted by molar-refractivity contribution is 8.01. The van der Waals surface area contributed by atoms with Crippen molar-refractivity contribution in [3.05, 3.63) is 60.2 Å². The second-order valence-electron chi connectivity index (χ2n) is 5.09. The van der Waals surface area contributed by atoms with E-state index in [1.807, 2.05) is 54.6 Å². The van der Waals surface area contributed by atoms with Crippen LogP contribution in [-0.4, -0.2) is 35.2 Å². The summed E-state index contributed by atoms with van der Waals surface area (Å²) in [6.45, 7) is 0. The number of carbonyl (C=O) groups excluding carboxylic acids is 1. The second-order valence-corrected chi connectivity index (χ2v) is 7.29. The molecule has 0 unspecified atom stereocenters. The molecule has 0 saturated heterocycles. The van der Waals surface area contributed by atoms with Crippen molar-refractivity contribution >= 4 is 35.2 Å². The smallest absolute Gasteiger partial charge is 0.250 e. The van der Waals surface area contributed by atoms with Crippen molar-refractivity contribution in [3.63, 3.8) is 0 Å². The number of ether oxygens (including phenoxy) is 1. The largest absolute Gasteiger partial charge is 0.497 e. The first kappa shape index (κ1) is 18.1. The maximum atomic E-state index is 11.9. The van der Waals surface area contributed by atoms with Crippen LogP contribution in [0.3, 0.4) is 0 Å². The highest BCUT2D eigenvalue weighted by Gasteiger charge is 2.09. The Morgan fingerprint density at radius 2 is 1.96 bits per heavy atom. The highest BCUT2D eigenvalue weighted by Crippen LogP contribution is 2.28. The topological polar surface area (TPSA) is 76.5 Å². The Kier molecular flexibility index (Phi) is 6.34. The van der Waals surface area contributed by atoms with Gasteiger partial charge in [0.25, 0.3) is 5.91 Å². The zero-order valence-corrected chi connectivity index (χ0v) is 15.6. The summed E-state index contributed by atoms with van der Waals surface area (Å²) in [5.74, 6) is 0.800. The maximum absolute atomic E-state index is 11.9. The molecule has 132 valence electrons. The normalized spacial score (nSPS) is 10.8. The quantitative estimate of drug-likeness (QED) is 0.383. The van der Waals surface area contributed by atoms with E-state index in [1.54, 1.807) is 13.3 Å². The van der Waals surface area contributed by atoms with Crippen molar-refractivity contribution in [2.24, 2.45) is 5.10 Å². The lowest BCUT2D eigenvalue weighted by Crippen LogP contribution is -2.19. The third kappa shape index (κ3) is 5.14. The predicted molar refractivity (Wildman–Crippen MR) is 105 cm³/mol. The number of hydrazone groups is 1. The summed E-state index contributed by atoms with van der Waals surface area (Å²) in [6.07, 6.45) is 1.58. The molecule has 0 spiro atoms. The van der Waals surface area contributed by atoms with Crippen LogP contribution in [0.15, 0.2) is 64.0 Å². The van der Waals surface area contributed by atoms with Crippen molar-refractivity contribution in [2.45, 2.75) is 4.34 Å². The molecule has 0 saturated carbocycles. The molecule has 0 aliphatic carbocycles. The molecule has 3 aromatic rings. The molecule has 3 rings (SSSR count). The van der Waals surface area contributed by atoms with Crippen LogP contribution in [0, 0.1) is 0 Å². The molecule has 0 aliphatic heterocycles. The first-order valence-corrected chi connectivity index (χ1v) is 9.52. The molecule has 1 amide bonds. The molecule has 0 fully saturated rings. The van der Waals surface area contributed by atoms with Gasteiger partial charge in [0.2, 0.25) is 0 Å². The van der Waals surface area contributed by atoms with Gasteiger partial charge in [-0.05, 0) is 29.8 Å². The Balaban J connectivity index is 1.46. The average Bonchev–Trinajstić information content (AvgIpc) is 3.17. The van der Waals surface area contributed by atoms with E-state index in [2.05, 4.69) is 20.7 Å². The van der Waals surface area contributed by atoms with E-state index in [1.165, 1.54) is 23.1 Å². The summed E-state index contributed by atoms with van der Waals surface area (Å²) in [6, 6.07) is 17.2. The van der Waals surface area contributed by atoms with Crippen LogP contribution in [0.1, 0.15) is 5.56 Å². The number of hydrogen-bond donors (Lipinski definition) is 1. The van der Waals surface area contributed by atoms with E-state index in [0.29, 0.717) is 0 Å². The van der Waals surface area contributed by atoms with Crippen molar-refractivity contribution in [3.8, 4) is 16.3 Å². The lowest BCUT2D eigenvalue weighted by molar-refractivity contribution is -0.118. The Hall–Kier alpha value is -2.71. The van der Waals surface area contributed by atoms with E-state index in [9.17, 15) is 4.79 Å². The van der Waals surface area contributed by atoms with Gasteiger partial charge in [0.05, 0.1) is 19.1 Å². The fourth-order valence-corrected chi connectivity index (χ4v) is 3.64. The van der Waals surface area contributed by atoms with Crippen LogP contribution < -0.4 is 10.2 Å². The Morgan fingerprint density at radius 1 is 1.19 bits per heavy atom. The first-order valence-electron chi connectivity index (χ1n) is 7.72. The molecule has 1 heterocycles. The molecule has 0 atom stereocenters. The number of nitrogens with one attached hydrogen (secondary N) is 1. The van der Waals surface area contributed by atoms with Crippen LogP contribution in [-0.2, 0) is 4.79 Å². The monoisotopic (exact) mass is 384 g/mol. The van der Waals surface area contributed by atoms with Crippen LogP contribution in [0.2, 0.25) is 0 Å². The fourth-order valence-electron chi connectivity index (χ4n) is 1.99. The van der Waals surface area contributed by atoms with E-state index in [4.69, 9.17) is 4.74 Å². The molecule has 0 radical (unpaired) electrons. The molecule has 8 heteroatoms. The summed E-state index contributed by atoms with van der Waals surface area (Å²) in [7, 11) is 1.61. The standard InChI is InChI=1S/C18H16N4O2S2/c1-24-15-9-7-13(8-10-15)11-19-20-16(23)12-25-18-22-21-17(26-18)14-5-3-2-4-6-14/h2-11H,12H2,1H3,(H,20,23)/b19-11+. The van der Waals surface area contributed by atoms with Crippen molar-refractivity contribution in [1.82, 2.24) is 15.6 Å². The number of carbonyl (C=O) groups is 1. The van der Waals surface area contributed by atoms with Gasteiger partial charge in [0, 0.05) is 5.56 Å². The summed E-state index contributed by atoms with van der Waals surface area (Å²) < 4.78 is 5.84. The number of rotatable bonds is 7. The van der Waals surface area contributed by atoms with Gasteiger partial charge >= 0.3 is 0 Å². The van der Waals surface area contributed by atoms with E-state index in [0.717, 1.165) is 26.2 Å². The average molecular weight is 384 g/mol.